The molecular weight excluding hydrogens is 338 g/mol. The second kappa shape index (κ2) is 7.07. The van der Waals surface area contributed by atoms with Gasteiger partial charge >= 0.3 is 0 Å². The van der Waals surface area contributed by atoms with Gasteiger partial charge in [0.2, 0.25) is 0 Å². The average Bonchev–Trinajstić information content (AvgIpc) is 2.94. The molecule has 0 radical (unpaired) electrons. The maximum absolute atomic E-state index is 12.6. The van der Waals surface area contributed by atoms with Crippen molar-refractivity contribution in [3.8, 4) is 0 Å². The maximum atomic E-state index is 12.6. The van der Waals surface area contributed by atoms with E-state index in [1.807, 2.05) is 24.3 Å². The van der Waals surface area contributed by atoms with Crippen molar-refractivity contribution in [2.75, 3.05) is 16.2 Å². The van der Waals surface area contributed by atoms with Crippen LogP contribution in [-0.4, -0.2) is 26.2 Å². The summed E-state index contributed by atoms with van der Waals surface area (Å²) in [5.74, 6) is 0.292. The minimum atomic E-state index is -3.70. The molecule has 2 heterocycles. The molecule has 1 aliphatic rings. The molecule has 3 rings (SSSR count). The van der Waals surface area contributed by atoms with Gasteiger partial charge in [0.15, 0.2) is 10.7 Å². The van der Waals surface area contributed by atoms with Gasteiger partial charge in [-0.15, -0.1) is 0 Å². The number of rotatable bonds is 5. The van der Waals surface area contributed by atoms with Crippen LogP contribution < -0.4 is 9.62 Å². The summed E-state index contributed by atoms with van der Waals surface area (Å²) in [5.41, 5.74) is 2.04. The van der Waals surface area contributed by atoms with Gasteiger partial charge in [-0.2, -0.15) is 0 Å². The van der Waals surface area contributed by atoms with Gasteiger partial charge in [-0.3, -0.25) is 4.72 Å². The van der Waals surface area contributed by atoms with Crippen LogP contribution in [0.5, 0.6) is 0 Å². The Morgan fingerprint density at radius 3 is 2.56 bits per heavy atom. The van der Waals surface area contributed by atoms with E-state index in [1.165, 1.54) is 19.3 Å². The molecule has 1 unspecified atom stereocenters. The number of piperidine rings is 1. The van der Waals surface area contributed by atoms with E-state index < -0.39 is 10.0 Å². The summed E-state index contributed by atoms with van der Waals surface area (Å²) in [7, 11) is -3.70. The smallest absolute Gasteiger partial charge is 0.267 e. The SMILES string of the molecule is CCC1CCCCN1c1ccc(NS(=O)(=O)c2c(C)noc2C)cc1. The van der Waals surface area contributed by atoms with Crippen molar-refractivity contribution in [3.63, 3.8) is 0 Å². The van der Waals surface area contributed by atoms with Crippen LogP contribution >= 0.6 is 0 Å². The molecule has 0 saturated carbocycles. The number of hydrogen-bond acceptors (Lipinski definition) is 5. The highest BCUT2D eigenvalue weighted by Gasteiger charge is 2.25. The summed E-state index contributed by atoms with van der Waals surface area (Å²) in [6.45, 7) is 6.49. The lowest BCUT2D eigenvalue weighted by molar-refractivity contribution is 0.390. The van der Waals surface area contributed by atoms with E-state index in [9.17, 15) is 8.42 Å². The summed E-state index contributed by atoms with van der Waals surface area (Å²) in [6, 6.07) is 8.16. The third-order valence-electron chi connectivity index (χ3n) is 4.79. The van der Waals surface area contributed by atoms with Crippen LogP contribution in [0.2, 0.25) is 0 Å². The van der Waals surface area contributed by atoms with Crippen molar-refractivity contribution >= 4 is 21.4 Å². The number of nitrogens with zero attached hydrogens (tertiary/aromatic N) is 2. The highest BCUT2D eigenvalue weighted by atomic mass is 32.2. The molecule has 0 aliphatic carbocycles. The molecule has 1 aliphatic heterocycles. The molecule has 0 bridgehead atoms. The fraction of sp³-hybridized carbons (Fsp3) is 0.500. The predicted octanol–water partition coefficient (Wildman–Crippen LogP) is 3.86. The Labute approximate surface area is 149 Å². The Balaban J connectivity index is 1.79. The van der Waals surface area contributed by atoms with Crippen LogP contribution in [0.1, 0.15) is 44.1 Å². The van der Waals surface area contributed by atoms with Gasteiger partial charge in [0.1, 0.15) is 5.69 Å². The van der Waals surface area contributed by atoms with Crippen LogP contribution in [0.3, 0.4) is 0 Å². The van der Waals surface area contributed by atoms with Gasteiger partial charge in [-0.05, 0) is 63.8 Å². The number of nitrogens with one attached hydrogen (secondary N) is 1. The molecule has 136 valence electrons. The molecule has 1 fully saturated rings. The average molecular weight is 363 g/mol. The third kappa shape index (κ3) is 3.66. The van der Waals surface area contributed by atoms with Crippen molar-refractivity contribution in [1.29, 1.82) is 0 Å². The number of sulfonamides is 1. The Bertz CT molecular complexity index is 808. The van der Waals surface area contributed by atoms with Crippen molar-refractivity contribution < 1.29 is 12.9 Å². The summed E-state index contributed by atoms with van der Waals surface area (Å²) in [5, 5.41) is 3.72. The van der Waals surface area contributed by atoms with Gasteiger partial charge in [-0.25, -0.2) is 8.42 Å². The van der Waals surface area contributed by atoms with E-state index >= 15 is 0 Å². The fourth-order valence-electron chi connectivity index (χ4n) is 3.55. The minimum Gasteiger partial charge on any atom is -0.369 e. The van der Waals surface area contributed by atoms with Gasteiger partial charge in [0.05, 0.1) is 0 Å². The predicted molar refractivity (Wildman–Crippen MR) is 98.5 cm³/mol. The van der Waals surface area contributed by atoms with Gasteiger partial charge in [-0.1, -0.05) is 12.1 Å². The molecule has 25 heavy (non-hydrogen) atoms. The molecule has 6 nitrogen and oxygen atoms in total. The lowest BCUT2D eigenvalue weighted by atomic mass is 9.99. The molecule has 1 saturated heterocycles. The number of benzene rings is 1. The zero-order chi connectivity index (χ0) is 18.0. The van der Waals surface area contributed by atoms with E-state index in [0.29, 0.717) is 23.2 Å². The first-order valence-corrected chi connectivity index (χ1v) is 10.2. The summed E-state index contributed by atoms with van der Waals surface area (Å²) in [6.07, 6.45) is 4.83. The largest absolute Gasteiger partial charge is 0.369 e. The first-order chi connectivity index (χ1) is 11.9. The van der Waals surface area contributed by atoms with Crippen molar-refractivity contribution in [2.24, 2.45) is 0 Å². The van der Waals surface area contributed by atoms with Crippen LogP contribution in [0, 0.1) is 13.8 Å². The summed E-state index contributed by atoms with van der Waals surface area (Å²) < 4.78 is 32.7. The first kappa shape index (κ1) is 17.8. The topological polar surface area (TPSA) is 75.4 Å². The van der Waals surface area contributed by atoms with E-state index in [0.717, 1.165) is 18.7 Å². The summed E-state index contributed by atoms with van der Waals surface area (Å²) >= 11 is 0. The molecule has 1 aromatic carbocycles. The van der Waals surface area contributed by atoms with Gasteiger partial charge < -0.3 is 9.42 Å². The van der Waals surface area contributed by atoms with E-state index in [1.54, 1.807) is 13.8 Å². The second-order valence-electron chi connectivity index (χ2n) is 6.56. The van der Waals surface area contributed by atoms with E-state index in [4.69, 9.17) is 4.52 Å². The molecule has 2 aromatic rings. The fourth-order valence-corrected chi connectivity index (χ4v) is 4.94. The minimum absolute atomic E-state index is 0.110. The van der Waals surface area contributed by atoms with Crippen LogP contribution in [0.4, 0.5) is 11.4 Å². The van der Waals surface area contributed by atoms with Crippen molar-refractivity contribution in [3.05, 3.63) is 35.7 Å². The Morgan fingerprint density at radius 1 is 1.24 bits per heavy atom. The molecule has 1 N–H and O–H groups in total. The maximum Gasteiger partial charge on any atom is 0.267 e. The lowest BCUT2D eigenvalue weighted by Crippen LogP contribution is -2.39. The van der Waals surface area contributed by atoms with E-state index in [-0.39, 0.29) is 4.90 Å². The zero-order valence-corrected chi connectivity index (χ0v) is 15.8. The molecule has 0 spiro atoms. The monoisotopic (exact) mass is 363 g/mol. The highest BCUT2D eigenvalue weighted by Crippen LogP contribution is 2.28. The molecule has 0 amide bonds. The van der Waals surface area contributed by atoms with Crippen LogP contribution in [-0.2, 0) is 10.0 Å². The van der Waals surface area contributed by atoms with Gasteiger partial charge in [0.25, 0.3) is 10.0 Å². The number of anilines is 2. The zero-order valence-electron chi connectivity index (χ0n) is 14.9. The molecule has 1 aromatic heterocycles. The lowest BCUT2D eigenvalue weighted by Gasteiger charge is -2.37. The quantitative estimate of drug-likeness (QED) is 0.873. The molecule has 7 heteroatoms. The van der Waals surface area contributed by atoms with Gasteiger partial charge in [0, 0.05) is 24.0 Å². The summed E-state index contributed by atoms with van der Waals surface area (Å²) in [4.78, 5) is 2.54. The Morgan fingerprint density at radius 2 is 1.96 bits per heavy atom. The highest BCUT2D eigenvalue weighted by molar-refractivity contribution is 7.92. The third-order valence-corrected chi connectivity index (χ3v) is 6.41. The number of aryl methyl sites for hydroxylation is 2. The molecular formula is C18H25N3O3S. The Kier molecular flexibility index (Phi) is 5.03. The van der Waals surface area contributed by atoms with E-state index in [2.05, 4.69) is 21.7 Å². The van der Waals surface area contributed by atoms with Crippen molar-refractivity contribution in [2.45, 2.75) is 57.4 Å². The number of aromatic nitrogens is 1. The molecule has 1 atom stereocenters. The van der Waals surface area contributed by atoms with Crippen molar-refractivity contribution in [1.82, 2.24) is 5.16 Å². The normalized spacial score (nSPS) is 18.4. The second-order valence-corrected chi connectivity index (χ2v) is 8.18. The number of hydrogen-bond donors (Lipinski definition) is 1. The first-order valence-electron chi connectivity index (χ1n) is 8.74. The van der Waals surface area contributed by atoms with Crippen LogP contribution in [0.25, 0.3) is 0 Å². The Hall–Kier alpha value is -2.02. The van der Waals surface area contributed by atoms with Crippen LogP contribution in [0.15, 0.2) is 33.7 Å². The standard InChI is InChI=1S/C18H25N3O3S/c1-4-16-7-5-6-12-21(16)17-10-8-15(9-11-17)20-25(22,23)18-13(2)19-24-14(18)3/h8-11,16,20H,4-7,12H2,1-3H3.